The van der Waals surface area contributed by atoms with Crippen LogP contribution in [0.1, 0.15) is 18.5 Å². The monoisotopic (exact) mass is 279 g/mol. The van der Waals surface area contributed by atoms with E-state index in [1.165, 1.54) is 12.1 Å². The van der Waals surface area contributed by atoms with Gasteiger partial charge in [0.15, 0.2) is 0 Å². The van der Waals surface area contributed by atoms with Gasteiger partial charge < -0.3 is 10.2 Å². The maximum atomic E-state index is 13.1. The number of nitrogens with zero attached hydrogens (tertiary/aromatic N) is 2. The molecule has 0 aliphatic carbocycles. The minimum atomic E-state index is -0.338. The molecule has 1 heterocycles. The maximum absolute atomic E-state index is 13.1. The lowest BCUT2D eigenvalue weighted by Gasteiger charge is -2.38. The van der Waals surface area contributed by atoms with Gasteiger partial charge in [-0.2, -0.15) is 0 Å². The summed E-state index contributed by atoms with van der Waals surface area (Å²) in [5.74, 6) is -0.246. The first kappa shape index (κ1) is 14.9. The highest BCUT2D eigenvalue weighted by molar-refractivity contribution is 5.82. The van der Waals surface area contributed by atoms with Gasteiger partial charge in [0.25, 0.3) is 0 Å². The number of halogens is 1. The minimum absolute atomic E-state index is 0.0331. The fourth-order valence-corrected chi connectivity index (χ4v) is 2.60. The van der Waals surface area contributed by atoms with Crippen LogP contribution < -0.4 is 5.32 Å². The lowest BCUT2D eigenvalue weighted by Crippen LogP contribution is -2.53. The minimum Gasteiger partial charge on any atom is -0.347 e. The van der Waals surface area contributed by atoms with Crippen molar-refractivity contribution in [3.63, 3.8) is 0 Å². The Morgan fingerprint density at radius 2 is 2.05 bits per heavy atom. The van der Waals surface area contributed by atoms with Crippen molar-refractivity contribution in [1.82, 2.24) is 15.1 Å². The van der Waals surface area contributed by atoms with Gasteiger partial charge in [-0.1, -0.05) is 12.1 Å². The zero-order valence-electron chi connectivity index (χ0n) is 12.3. The van der Waals surface area contributed by atoms with E-state index < -0.39 is 0 Å². The van der Waals surface area contributed by atoms with Crippen LogP contribution in [0.5, 0.6) is 0 Å². The second-order valence-electron chi connectivity index (χ2n) is 5.54. The average molecular weight is 279 g/mol. The Morgan fingerprint density at radius 3 is 2.60 bits per heavy atom. The molecule has 2 rings (SSSR count). The van der Waals surface area contributed by atoms with E-state index in [-0.39, 0.29) is 17.8 Å². The summed E-state index contributed by atoms with van der Waals surface area (Å²) in [6.45, 7) is 4.58. The standard InChI is InChI=1S/C15H22FN3O/c1-11-10-19(9-8-17-11)14(15(20)18(2)3)12-4-6-13(16)7-5-12/h4-7,11,14,17H,8-10H2,1-3H3. The van der Waals surface area contributed by atoms with Crippen LogP contribution in [-0.2, 0) is 4.79 Å². The first-order chi connectivity index (χ1) is 9.49. The second kappa shape index (κ2) is 6.33. The van der Waals surface area contributed by atoms with E-state index in [0.29, 0.717) is 6.04 Å². The number of likely N-dealkylation sites (N-methyl/N-ethyl adjacent to an activating group) is 1. The van der Waals surface area contributed by atoms with Crippen LogP contribution in [0.25, 0.3) is 0 Å². The highest BCUT2D eigenvalue weighted by Crippen LogP contribution is 2.24. The molecule has 0 spiro atoms. The molecular formula is C15H22FN3O. The molecule has 2 unspecified atom stereocenters. The molecule has 5 heteroatoms. The number of amides is 1. The number of rotatable bonds is 3. The van der Waals surface area contributed by atoms with Gasteiger partial charge in [-0.25, -0.2) is 4.39 Å². The van der Waals surface area contributed by atoms with Crippen molar-refractivity contribution >= 4 is 5.91 Å². The fraction of sp³-hybridized carbons (Fsp3) is 0.533. The summed E-state index contributed by atoms with van der Waals surface area (Å²) in [7, 11) is 3.51. The van der Waals surface area contributed by atoms with Gasteiger partial charge in [-0.05, 0) is 24.6 Å². The third-order valence-corrected chi connectivity index (χ3v) is 3.63. The summed E-state index contributed by atoms with van der Waals surface area (Å²) >= 11 is 0. The number of hydrogen-bond donors (Lipinski definition) is 1. The van der Waals surface area contributed by atoms with Crippen molar-refractivity contribution in [2.45, 2.75) is 19.0 Å². The van der Waals surface area contributed by atoms with Crippen LogP contribution in [0.15, 0.2) is 24.3 Å². The molecule has 1 aliphatic rings. The number of carbonyl (C=O) groups is 1. The van der Waals surface area contributed by atoms with Crippen molar-refractivity contribution in [3.8, 4) is 0 Å². The van der Waals surface area contributed by atoms with Gasteiger partial charge in [0.2, 0.25) is 5.91 Å². The van der Waals surface area contributed by atoms with E-state index in [1.807, 2.05) is 0 Å². The smallest absolute Gasteiger partial charge is 0.244 e. The zero-order chi connectivity index (χ0) is 14.7. The second-order valence-corrected chi connectivity index (χ2v) is 5.54. The van der Waals surface area contributed by atoms with Crippen molar-refractivity contribution in [1.29, 1.82) is 0 Å². The highest BCUT2D eigenvalue weighted by atomic mass is 19.1. The van der Waals surface area contributed by atoms with Crippen LogP contribution in [-0.4, -0.2) is 55.5 Å². The molecule has 1 aromatic carbocycles. The third kappa shape index (κ3) is 3.35. The van der Waals surface area contributed by atoms with Crippen LogP contribution >= 0.6 is 0 Å². The SMILES string of the molecule is CC1CN(C(C(=O)N(C)C)c2ccc(F)cc2)CCN1. The maximum Gasteiger partial charge on any atom is 0.244 e. The molecular weight excluding hydrogens is 257 g/mol. The lowest BCUT2D eigenvalue weighted by molar-refractivity contribution is -0.135. The lowest BCUT2D eigenvalue weighted by atomic mass is 10.0. The molecule has 1 aromatic rings. The number of benzene rings is 1. The summed E-state index contributed by atoms with van der Waals surface area (Å²) in [4.78, 5) is 16.3. The van der Waals surface area contributed by atoms with Gasteiger partial charge in [0.1, 0.15) is 11.9 Å². The molecule has 20 heavy (non-hydrogen) atoms. The molecule has 110 valence electrons. The van der Waals surface area contributed by atoms with E-state index in [9.17, 15) is 9.18 Å². The Bertz CT molecular complexity index is 461. The molecule has 1 amide bonds. The van der Waals surface area contributed by atoms with Gasteiger partial charge in [0.05, 0.1) is 0 Å². The Balaban J connectivity index is 2.29. The molecule has 4 nitrogen and oxygen atoms in total. The summed E-state index contributed by atoms with van der Waals surface area (Å²) in [5.41, 5.74) is 0.846. The van der Waals surface area contributed by atoms with Crippen LogP contribution in [0.2, 0.25) is 0 Å². The van der Waals surface area contributed by atoms with Gasteiger partial charge >= 0.3 is 0 Å². The van der Waals surface area contributed by atoms with Crippen molar-refractivity contribution in [2.24, 2.45) is 0 Å². The molecule has 1 N–H and O–H groups in total. The highest BCUT2D eigenvalue weighted by Gasteiger charge is 2.31. The Kier molecular flexibility index (Phi) is 4.73. The fourth-order valence-electron chi connectivity index (χ4n) is 2.60. The molecule has 1 fully saturated rings. The first-order valence-corrected chi connectivity index (χ1v) is 6.93. The van der Waals surface area contributed by atoms with Crippen molar-refractivity contribution < 1.29 is 9.18 Å². The van der Waals surface area contributed by atoms with E-state index in [1.54, 1.807) is 31.1 Å². The quantitative estimate of drug-likeness (QED) is 0.904. The topological polar surface area (TPSA) is 35.6 Å². The molecule has 0 saturated carbocycles. The van der Waals surface area contributed by atoms with Gasteiger partial charge in [0, 0.05) is 39.8 Å². The van der Waals surface area contributed by atoms with E-state index >= 15 is 0 Å². The molecule has 1 saturated heterocycles. The van der Waals surface area contributed by atoms with Crippen LogP contribution in [0.3, 0.4) is 0 Å². The first-order valence-electron chi connectivity index (χ1n) is 6.93. The summed E-state index contributed by atoms with van der Waals surface area (Å²) < 4.78 is 13.1. The molecule has 2 atom stereocenters. The third-order valence-electron chi connectivity index (χ3n) is 3.63. The van der Waals surface area contributed by atoms with E-state index in [2.05, 4.69) is 17.1 Å². The van der Waals surface area contributed by atoms with Crippen molar-refractivity contribution in [2.75, 3.05) is 33.7 Å². The Hall–Kier alpha value is -1.46. The number of nitrogens with one attached hydrogen (secondary N) is 1. The predicted molar refractivity (Wildman–Crippen MR) is 76.9 cm³/mol. The average Bonchev–Trinajstić information content (AvgIpc) is 2.41. The summed E-state index contributed by atoms with van der Waals surface area (Å²) in [5, 5.41) is 3.37. The van der Waals surface area contributed by atoms with Gasteiger partial charge in [-0.15, -0.1) is 0 Å². The number of hydrogen-bond acceptors (Lipinski definition) is 3. The van der Waals surface area contributed by atoms with Crippen LogP contribution in [0, 0.1) is 5.82 Å². The zero-order valence-corrected chi connectivity index (χ0v) is 12.3. The van der Waals surface area contributed by atoms with Gasteiger partial charge in [-0.3, -0.25) is 9.69 Å². The van der Waals surface area contributed by atoms with Crippen LogP contribution in [0.4, 0.5) is 4.39 Å². The van der Waals surface area contributed by atoms with E-state index in [4.69, 9.17) is 0 Å². The summed E-state index contributed by atoms with van der Waals surface area (Å²) in [6, 6.07) is 6.24. The largest absolute Gasteiger partial charge is 0.347 e. The van der Waals surface area contributed by atoms with Crippen molar-refractivity contribution in [3.05, 3.63) is 35.6 Å². The Labute approximate surface area is 119 Å². The van der Waals surface area contributed by atoms with E-state index in [0.717, 1.165) is 25.2 Å². The number of carbonyl (C=O) groups excluding carboxylic acids is 1. The Morgan fingerprint density at radius 1 is 1.40 bits per heavy atom. The molecule has 1 aliphatic heterocycles. The predicted octanol–water partition coefficient (Wildman–Crippen LogP) is 1.25. The molecule has 0 bridgehead atoms. The molecule has 0 aromatic heterocycles. The summed E-state index contributed by atoms with van der Waals surface area (Å²) in [6.07, 6.45) is 0. The molecule has 0 radical (unpaired) electrons. The normalized spacial score (nSPS) is 21.5. The number of piperazine rings is 1.